The quantitative estimate of drug-likeness (QED) is 0.833. The molecule has 1 aromatic rings. The second-order valence-electron chi connectivity index (χ2n) is 5.52. The first kappa shape index (κ1) is 16.4. The number of aliphatic hydroxyl groups excluding tert-OH is 1. The molecule has 0 aromatic heterocycles. The van der Waals surface area contributed by atoms with Crippen LogP contribution in [0, 0.1) is 12.8 Å². The second-order valence-corrected chi connectivity index (χ2v) is 7.28. The molecule has 0 saturated carbocycles. The molecule has 0 unspecified atom stereocenters. The van der Waals surface area contributed by atoms with Crippen molar-refractivity contribution in [3.63, 3.8) is 0 Å². The fraction of sp³-hybridized carbons (Fsp3) is 0.600. The Labute approximate surface area is 126 Å². The molecule has 1 saturated heterocycles. The molecule has 1 atom stereocenters. The summed E-state index contributed by atoms with van der Waals surface area (Å²) in [6, 6.07) is 6.72. The van der Waals surface area contributed by atoms with E-state index in [9.17, 15) is 13.5 Å². The van der Waals surface area contributed by atoms with E-state index in [-0.39, 0.29) is 17.4 Å². The van der Waals surface area contributed by atoms with Crippen LogP contribution in [0.15, 0.2) is 29.2 Å². The van der Waals surface area contributed by atoms with Gasteiger partial charge in [-0.25, -0.2) is 13.1 Å². The van der Waals surface area contributed by atoms with Gasteiger partial charge in [0.25, 0.3) is 0 Å². The molecule has 1 aromatic carbocycles. The molecule has 6 heteroatoms. The van der Waals surface area contributed by atoms with Crippen LogP contribution in [0.3, 0.4) is 0 Å². The van der Waals surface area contributed by atoms with Gasteiger partial charge in [0.2, 0.25) is 10.0 Å². The van der Waals surface area contributed by atoms with E-state index in [1.165, 1.54) is 0 Å². The Hall–Kier alpha value is -0.950. The van der Waals surface area contributed by atoms with Gasteiger partial charge in [-0.3, -0.25) is 0 Å². The molecular formula is C15H23NO4S. The third-order valence-electron chi connectivity index (χ3n) is 3.87. The van der Waals surface area contributed by atoms with Crippen LogP contribution in [0.2, 0.25) is 0 Å². The molecule has 1 aliphatic heterocycles. The molecule has 0 amide bonds. The summed E-state index contributed by atoms with van der Waals surface area (Å²) in [5.74, 6) is 0.211. The number of ether oxygens (including phenoxy) is 1. The van der Waals surface area contributed by atoms with Crippen molar-refractivity contribution in [3.8, 4) is 0 Å². The maximum Gasteiger partial charge on any atom is 0.240 e. The number of sulfonamides is 1. The van der Waals surface area contributed by atoms with E-state index in [1.54, 1.807) is 24.3 Å². The van der Waals surface area contributed by atoms with E-state index in [1.807, 2.05) is 6.92 Å². The second kappa shape index (κ2) is 7.35. The number of benzene rings is 1. The van der Waals surface area contributed by atoms with Crippen LogP contribution >= 0.6 is 0 Å². The van der Waals surface area contributed by atoms with E-state index in [0.717, 1.165) is 18.4 Å². The van der Waals surface area contributed by atoms with E-state index < -0.39 is 16.1 Å². The van der Waals surface area contributed by atoms with Gasteiger partial charge in [-0.15, -0.1) is 0 Å². The summed E-state index contributed by atoms with van der Waals surface area (Å²) >= 11 is 0. The van der Waals surface area contributed by atoms with Crippen LogP contribution in [0.1, 0.15) is 24.8 Å². The summed E-state index contributed by atoms with van der Waals surface area (Å²) in [6.07, 6.45) is 1.63. The van der Waals surface area contributed by atoms with Crippen LogP contribution in [0.5, 0.6) is 0 Å². The van der Waals surface area contributed by atoms with Crippen molar-refractivity contribution in [1.29, 1.82) is 0 Å². The van der Waals surface area contributed by atoms with Crippen LogP contribution in [0.25, 0.3) is 0 Å². The van der Waals surface area contributed by atoms with Crippen molar-refractivity contribution in [2.24, 2.45) is 5.92 Å². The Kier molecular flexibility index (Phi) is 5.75. The van der Waals surface area contributed by atoms with Gasteiger partial charge >= 0.3 is 0 Å². The lowest BCUT2D eigenvalue weighted by Gasteiger charge is -2.26. The molecule has 21 heavy (non-hydrogen) atoms. The first-order valence-electron chi connectivity index (χ1n) is 7.31. The predicted molar refractivity (Wildman–Crippen MR) is 80.5 cm³/mol. The molecule has 1 fully saturated rings. The maximum atomic E-state index is 12.1. The third kappa shape index (κ3) is 4.78. The molecule has 118 valence electrons. The highest BCUT2D eigenvalue weighted by Crippen LogP contribution is 2.20. The van der Waals surface area contributed by atoms with Gasteiger partial charge < -0.3 is 9.84 Å². The van der Waals surface area contributed by atoms with Gasteiger partial charge in [0.15, 0.2) is 0 Å². The summed E-state index contributed by atoms with van der Waals surface area (Å²) in [5.41, 5.74) is 1.02. The Balaban J connectivity index is 1.83. The van der Waals surface area contributed by atoms with Crippen molar-refractivity contribution >= 4 is 10.0 Å². The summed E-state index contributed by atoms with van der Waals surface area (Å²) < 4.78 is 32.0. The first-order chi connectivity index (χ1) is 9.99. The number of aryl methyl sites for hydroxylation is 1. The number of hydrogen-bond acceptors (Lipinski definition) is 4. The SMILES string of the molecule is Cc1ccc(S(=O)(=O)NCC[C@H](O)C2CCOCC2)cc1. The van der Waals surface area contributed by atoms with E-state index >= 15 is 0 Å². The molecule has 1 aliphatic rings. The van der Waals surface area contributed by atoms with Gasteiger partial charge in [-0.2, -0.15) is 0 Å². The van der Waals surface area contributed by atoms with Crippen molar-refractivity contribution < 1.29 is 18.3 Å². The minimum Gasteiger partial charge on any atom is -0.393 e. The Morgan fingerprint density at radius 1 is 1.29 bits per heavy atom. The summed E-state index contributed by atoms with van der Waals surface area (Å²) in [5, 5.41) is 10.1. The highest BCUT2D eigenvalue weighted by molar-refractivity contribution is 7.89. The van der Waals surface area contributed by atoms with Gasteiger partial charge in [-0.05, 0) is 44.2 Å². The molecule has 0 aliphatic carbocycles. The summed E-state index contributed by atoms with van der Waals surface area (Å²) in [7, 11) is -3.49. The van der Waals surface area contributed by atoms with Crippen molar-refractivity contribution in [2.45, 2.75) is 37.2 Å². The zero-order chi connectivity index (χ0) is 15.3. The van der Waals surface area contributed by atoms with Crippen molar-refractivity contribution in [1.82, 2.24) is 4.72 Å². The fourth-order valence-electron chi connectivity index (χ4n) is 2.48. The minimum atomic E-state index is -3.49. The molecule has 0 bridgehead atoms. The van der Waals surface area contributed by atoms with E-state index in [4.69, 9.17) is 4.74 Å². The highest BCUT2D eigenvalue weighted by atomic mass is 32.2. The number of rotatable bonds is 6. The van der Waals surface area contributed by atoms with Gasteiger partial charge in [0.1, 0.15) is 0 Å². The normalized spacial score (nSPS) is 18.6. The average Bonchev–Trinajstić information content (AvgIpc) is 2.48. The number of aliphatic hydroxyl groups is 1. The molecule has 5 nitrogen and oxygen atoms in total. The zero-order valence-electron chi connectivity index (χ0n) is 12.3. The summed E-state index contributed by atoms with van der Waals surface area (Å²) in [6.45, 7) is 3.51. The molecule has 1 heterocycles. The smallest absolute Gasteiger partial charge is 0.240 e. The lowest BCUT2D eigenvalue weighted by molar-refractivity contribution is 0.00567. The lowest BCUT2D eigenvalue weighted by Crippen LogP contribution is -2.32. The highest BCUT2D eigenvalue weighted by Gasteiger charge is 2.22. The Morgan fingerprint density at radius 2 is 1.90 bits per heavy atom. The Morgan fingerprint density at radius 3 is 2.52 bits per heavy atom. The average molecular weight is 313 g/mol. The molecule has 0 spiro atoms. The number of hydrogen-bond donors (Lipinski definition) is 2. The maximum absolute atomic E-state index is 12.1. The minimum absolute atomic E-state index is 0.211. The summed E-state index contributed by atoms with van der Waals surface area (Å²) in [4.78, 5) is 0.258. The van der Waals surface area contributed by atoms with Gasteiger partial charge in [-0.1, -0.05) is 17.7 Å². The Bertz CT molecular complexity index is 535. The largest absolute Gasteiger partial charge is 0.393 e. The van der Waals surface area contributed by atoms with Crippen LogP contribution in [-0.2, 0) is 14.8 Å². The predicted octanol–water partition coefficient (Wildman–Crippen LogP) is 1.45. The topological polar surface area (TPSA) is 75.6 Å². The molecular weight excluding hydrogens is 290 g/mol. The molecule has 2 rings (SSSR count). The van der Waals surface area contributed by atoms with Crippen LogP contribution in [-0.4, -0.2) is 39.4 Å². The standard InChI is InChI=1S/C15H23NO4S/c1-12-2-4-14(5-3-12)21(18,19)16-9-6-15(17)13-7-10-20-11-8-13/h2-5,13,15-17H,6-11H2,1H3/t15-/m0/s1. The van der Waals surface area contributed by atoms with Gasteiger partial charge in [0.05, 0.1) is 11.0 Å². The third-order valence-corrected chi connectivity index (χ3v) is 5.35. The fourth-order valence-corrected chi connectivity index (χ4v) is 3.53. The van der Waals surface area contributed by atoms with Crippen molar-refractivity contribution in [3.05, 3.63) is 29.8 Å². The van der Waals surface area contributed by atoms with Crippen molar-refractivity contribution in [2.75, 3.05) is 19.8 Å². The zero-order valence-corrected chi connectivity index (χ0v) is 13.1. The van der Waals surface area contributed by atoms with Crippen LogP contribution in [0.4, 0.5) is 0 Å². The van der Waals surface area contributed by atoms with Crippen LogP contribution < -0.4 is 4.72 Å². The molecule has 0 radical (unpaired) electrons. The number of nitrogens with one attached hydrogen (secondary N) is 1. The lowest BCUT2D eigenvalue weighted by atomic mass is 9.92. The monoisotopic (exact) mass is 313 g/mol. The van der Waals surface area contributed by atoms with Gasteiger partial charge in [0, 0.05) is 19.8 Å². The van der Waals surface area contributed by atoms with E-state index in [0.29, 0.717) is 19.6 Å². The first-order valence-corrected chi connectivity index (χ1v) is 8.79. The molecule has 2 N–H and O–H groups in total. The van der Waals surface area contributed by atoms with E-state index in [2.05, 4.69) is 4.72 Å².